The molecule has 0 aromatic carbocycles. The van der Waals surface area contributed by atoms with Crippen LogP contribution in [0.5, 0.6) is 0 Å². The van der Waals surface area contributed by atoms with Gasteiger partial charge < -0.3 is 10.1 Å². The average molecular weight is 198 g/mol. The lowest BCUT2D eigenvalue weighted by atomic mass is 10.3. The minimum Gasteiger partial charge on any atom is -0.380 e. The minimum atomic E-state index is 0.123. The summed E-state index contributed by atoms with van der Waals surface area (Å²) in [4.78, 5) is 4.11. The van der Waals surface area contributed by atoms with E-state index in [2.05, 4.69) is 27.4 Å². The van der Waals surface area contributed by atoms with Crippen molar-refractivity contribution in [2.45, 2.75) is 26.3 Å². The molecule has 80 valence electrons. The molecule has 0 amide bonds. The SMILES string of the molecule is CCCNC(COCC)c1ncn[nH]1. The molecule has 1 unspecified atom stereocenters. The van der Waals surface area contributed by atoms with Gasteiger partial charge in [0.25, 0.3) is 0 Å². The fourth-order valence-electron chi connectivity index (χ4n) is 1.17. The maximum absolute atomic E-state index is 5.37. The van der Waals surface area contributed by atoms with Crippen LogP contribution in [0.1, 0.15) is 32.1 Å². The van der Waals surface area contributed by atoms with Gasteiger partial charge >= 0.3 is 0 Å². The highest BCUT2D eigenvalue weighted by Gasteiger charge is 2.12. The number of nitrogens with zero attached hydrogens (tertiary/aromatic N) is 2. The zero-order valence-electron chi connectivity index (χ0n) is 8.79. The van der Waals surface area contributed by atoms with Gasteiger partial charge in [0, 0.05) is 6.61 Å². The van der Waals surface area contributed by atoms with Gasteiger partial charge in [-0.25, -0.2) is 4.98 Å². The van der Waals surface area contributed by atoms with Gasteiger partial charge in [0.15, 0.2) is 0 Å². The Bertz CT molecular complexity index is 217. The molecular weight excluding hydrogens is 180 g/mol. The maximum atomic E-state index is 5.37. The van der Waals surface area contributed by atoms with Crippen LogP contribution < -0.4 is 5.32 Å². The standard InChI is InChI=1S/C9H18N4O/c1-3-5-10-8(6-14-4-2)9-11-7-12-13-9/h7-8,10H,3-6H2,1-2H3,(H,11,12,13). The Morgan fingerprint density at radius 2 is 2.43 bits per heavy atom. The molecule has 1 aromatic rings. The third-order valence-corrected chi connectivity index (χ3v) is 1.89. The summed E-state index contributed by atoms with van der Waals surface area (Å²) >= 11 is 0. The predicted molar refractivity (Wildman–Crippen MR) is 53.9 cm³/mol. The van der Waals surface area contributed by atoms with E-state index < -0.39 is 0 Å². The van der Waals surface area contributed by atoms with E-state index in [1.807, 2.05) is 6.92 Å². The third-order valence-electron chi connectivity index (χ3n) is 1.89. The number of H-pyrrole nitrogens is 1. The zero-order valence-corrected chi connectivity index (χ0v) is 8.79. The van der Waals surface area contributed by atoms with Crippen molar-refractivity contribution < 1.29 is 4.74 Å². The van der Waals surface area contributed by atoms with E-state index in [9.17, 15) is 0 Å². The summed E-state index contributed by atoms with van der Waals surface area (Å²) in [6.07, 6.45) is 2.61. The number of aromatic amines is 1. The Labute approximate surface area is 84.3 Å². The molecule has 14 heavy (non-hydrogen) atoms. The van der Waals surface area contributed by atoms with Crippen LogP contribution in [0.15, 0.2) is 6.33 Å². The highest BCUT2D eigenvalue weighted by atomic mass is 16.5. The van der Waals surface area contributed by atoms with E-state index in [1.54, 1.807) is 0 Å². The Kier molecular flexibility index (Phi) is 5.17. The number of aromatic nitrogens is 3. The van der Waals surface area contributed by atoms with Crippen molar-refractivity contribution in [1.29, 1.82) is 0 Å². The summed E-state index contributed by atoms with van der Waals surface area (Å²) in [5, 5.41) is 10.0. The first kappa shape index (κ1) is 11.1. The Morgan fingerprint density at radius 3 is 3.00 bits per heavy atom. The van der Waals surface area contributed by atoms with Crippen LogP contribution in [0.25, 0.3) is 0 Å². The molecule has 1 aromatic heterocycles. The largest absolute Gasteiger partial charge is 0.380 e. The van der Waals surface area contributed by atoms with Crippen LogP contribution in [0.2, 0.25) is 0 Å². The van der Waals surface area contributed by atoms with Crippen LogP contribution in [0, 0.1) is 0 Å². The van der Waals surface area contributed by atoms with Crippen LogP contribution in [-0.4, -0.2) is 34.9 Å². The lowest BCUT2D eigenvalue weighted by Crippen LogP contribution is -2.27. The molecule has 0 saturated heterocycles. The van der Waals surface area contributed by atoms with E-state index in [1.165, 1.54) is 6.33 Å². The van der Waals surface area contributed by atoms with Crippen molar-refractivity contribution in [3.05, 3.63) is 12.2 Å². The monoisotopic (exact) mass is 198 g/mol. The van der Waals surface area contributed by atoms with Gasteiger partial charge in [-0.15, -0.1) is 0 Å². The third kappa shape index (κ3) is 3.43. The van der Waals surface area contributed by atoms with Crippen molar-refractivity contribution in [1.82, 2.24) is 20.5 Å². The number of ether oxygens (including phenoxy) is 1. The molecule has 1 rings (SSSR count). The molecule has 0 spiro atoms. The molecule has 0 aliphatic heterocycles. The number of nitrogens with one attached hydrogen (secondary N) is 2. The molecular formula is C9H18N4O. The van der Waals surface area contributed by atoms with E-state index >= 15 is 0 Å². The lowest BCUT2D eigenvalue weighted by Gasteiger charge is -2.15. The number of hydrogen-bond donors (Lipinski definition) is 2. The molecule has 1 atom stereocenters. The van der Waals surface area contributed by atoms with E-state index in [0.717, 1.165) is 25.4 Å². The highest BCUT2D eigenvalue weighted by molar-refractivity contribution is 4.91. The fraction of sp³-hybridized carbons (Fsp3) is 0.778. The Balaban J connectivity index is 2.44. The average Bonchev–Trinajstić information content (AvgIpc) is 2.71. The molecule has 2 N–H and O–H groups in total. The van der Waals surface area contributed by atoms with Crippen LogP contribution in [0.3, 0.4) is 0 Å². The minimum absolute atomic E-state index is 0.123. The van der Waals surface area contributed by atoms with Gasteiger partial charge in [-0.3, -0.25) is 5.10 Å². The normalized spacial score (nSPS) is 13.0. The zero-order chi connectivity index (χ0) is 10.2. The molecule has 0 bridgehead atoms. The van der Waals surface area contributed by atoms with Crippen LogP contribution >= 0.6 is 0 Å². The Hall–Kier alpha value is -0.940. The number of hydrogen-bond acceptors (Lipinski definition) is 4. The van der Waals surface area contributed by atoms with Crippen molar-refractivity contribution in [2.24, 2.45) is 0 Å². The lowest BCUT2D eigenvalue weighted by molar-refractivity contribution is 0.120. The van der Waals surface area contributed by atoms with Crippen LogP contribution in [-0.2, 0) is 4.74 Å². The molecule has 5 nitrogen and oxygen atoms in total. The van der Waals surface area contributed by atoms with Gasteiger partial charge in [-0.1, -0.05) is 6.92 Å². The van der Waals surface area contributed by atoms with E-state index in [4.69, 9.17) is 4.74 Å². The first-order valence-corrected chi connectivity index (χ1v) is 5.04. The van der Waals surface area contributed by atoms with Gasteiger partial charge in [-0.2, -0.15) is 5.10 Å². The first-order chi connectivity index (χ1) is 6.88. The van der Waals surface area contributed by atoms with Gasteiger partial charge in [0.05, 0.1) is 12.6 Å². The molecule has 0 aliphatic rings. The van der Waals surface area contributed by atoms with Crippen molar-refractivity contribution in [3.8, 4) is 0 Å². The summed E-state index contributed by atoms with van der Waals surface area (Å²) in [6, 6.07) is 0.123. The quantitative estimate of drug-likeness (QED) is 0.682. The summed E-state index contributed by atoms with van der Waals surface area (Å²) in [6.45, 7) is 6.42. The van der Waals surface area contributed by atoms with Crippen molar-refractivity contribution in [3.63, 3.8) is 0 Å². The smallest absolute Gasteiger partial charge is 0.143 e. The second kappa shape index (κ2) is 6.50. The fourth-order valence-corrected chi connectivity index (χ4v) is 1.17. The van der Waals surface area contributed by atoms with Gasteiger partial charge in [0.2, 0.25) is 0 Å². The highest BCUT2D eigenvalue weighted by Crippen LogP contribution is 2.06. The van der Waals surface area contributed by atoms with Gasteiger partial charge in [0.1, 0.15) is 12.2 Å². The van der Waals surface area contributed by atoms with Crippen molar-refractivity contribution in [2.75, 3.05) is 19.8 Å². The predicted octanol–water partition coefficient (Wildman–Crippen LogP) is 0.882. The van der Waals surface area contributed by atoms with Crippen molar-refractivity contribution >= 4 is 0 Å². The maximum Gasteiger partial charge on any atom is 0.143 e. The summed E-state index contributed by atoms with van der Waals surface area (Å²) in [5.41, 5.74) is 0. The summed E-state index contributed by atoms with van der Waals surface area (Å²) in [7, 11) is 0. The summed E-state index contributed by atoms with van der Waals surface area (Å²) in [5.74, 6) is 0.840. The molecule has 0 radical (unpaired) electrons. The van der Waals surface area contributed by atoms with E-state index in [0.29, 0.717) is 6.61 Å². The van der Waals surface area contributed by atoms with Crippen LogP contribution in [0.4, 0.5) is 0 Å². The number of rotatable bonds is 7. The first-order valence-electron chi connectivity index (χ1n) is 5.04. The molecule has 0 saturated carbocycles. The second-order valence-corrected chi connectivity index (χ2v) is 3.04. The van der Waals surface area contributed by atoms with E-state index in [-0.39, 0.29) is 6.04 Å². The summed E-state index contributed by atoms with van der Waals surface area (Å²) < 4.78 is 5.37. The second-order valence-electron chi connectivity index (χ2n) is 3.04. The Morgan fingerprint density at radius 1 is 1.57 bits per heavy atom. The topological polar surface area (TPSA) is 62.8 Å². The van der Waals surface area contributed by atoms with Gasteiger partial charge in [-0.05, 0) is 19.9 Å². The molecule has 0 aliphatic carbocycles. The molecule has 0 fully saturated rings. The molecule has 5 heteroatoms. The molecule has 1 heterocycles.